The second-order valence-electron chi connectivity index (χ2n) is 4.63. The Labute approximate surface area is 119 Å². The highest BCUT2D eigenvalue weighted by molar-refractivity contribution is 9.10. The second kappa shape index (κ2) is 5.90. The molecule has 1 aromatic carbocycles. The summed E-state index contributed by atoms with van der Waals surface area (Å²) >= 11 is 3.33. The van der Waals surface area contributed by atoms with Crippen molar-refractivity contribution < 1.29 is 19.7 Å². The summed E-state index contributed by atoms with van der Waals surface area (Å²) in [4.78, 5) is 12.1. The van der Waals surface area contributed by atoms with Crippen molar-refractivity contribution in [1.29, 1.82) is 0 Å². The van der Waals surface area contributed by atoms with Crippen LogP contribution in [0.15, 0.2) is 16.6 Å². The molecule has 0 aromatic heterocycles. The molecule has 0 saturated carbocycles. The molecule has 1 aliphatic heterocycles. The molecule has 6 heteroatoms. The molecule has 1 saturated heterocycles. The zero-order valence-electron chi connectivity index (χ0n) is 10.5. The molecule has 1 aromatic rings. The quantitative estimate of drug-likeness (QED) is 0.765. The summed E-state index contributed by atoms with van der Waals surface area (Å²) in [5.74, 6) is -0.469. The highest BCUT2D eigenvalue weighted by Gasteiger charge is 2.26. The van der Waals surface area contributed by atoms with Crippen LogP contribution in [0.4, 0.5) is 0 Å². The van der Waals surface area contributed by atoms with Gasteiger partial charge < -0.3 is 20.3 Å². The summed E-state index contributed by atoms with van der Waals surface area (Å²) in [5, 5.41) is 22.3. The third-order valence-corrected chi connectivity index (χ3v) is 4.02. The Morgan fingerprint density at radius 1 is 1.53 bits per heavy atom. The number of phenols is 1. The van der Waals surface area contributed by atoms with E-state index in [1.54, 1.807) is 6.07 Å². The minimum Gasteiger partial charge on any atom is -0.507 e. The van der Waals surface area contributed by atoms with Gasteiger partial charge in [0.25, 0.3) is 5.91 Å². The Kier molecular flexibility index (Phi) is 4.44. The standard InChI is InChI=1S/C13H16BrNO4/c1-7-4-11(16)8(5-9(7)14)13(18)15-10-2-3-19-6-12(10)17/h4-5,10,12,16-17H,2-3,6H2,1H3,(H,15,18)/t10-,12-/m0/s1. The number of carbonyl (C=O) groups excluding carboxylic acids is 1. The topological polar surface area (TPSA) is 78.8 Å². The van der Waals surface area contributed by atoms with E-state index in [4.69, 9.17) is 4.74 Å². The second-order valence-corrected chi connectivity index (χ2v) is 5.48. The van der Waals surface area contributed by atoms with Gasteiger partial charge in [0.1, 0.15) is 5.75 Å². The van der Waals surface area contributed by atoms with Crippen molar-refractivity contribution in [2.45, 2.75) is 25.5 Å². The van der Waals surface area contributed by atoms with Gasteiger partial charge in [0, 0.05) is 11.1 Å². The van der Waals surface area contributed by atoms with Crippen LogP contribution in [0, 0.1) is 6.92 Å². The monoisotopic (exact) mass is 329 g/mol. The molecule has 1 fully saturated rings. The highest BCUT2D eigenvalue weighted by Crippen LogP contribution is 2.26. The van der Waals surface area contributed by atoms with Crippen LogP contribution in [0.25, 0.3) is 0 Å². The molecule has 1 aliphatic rings. The first-order chi connectivity index (χ1) is 8.99. The molecule has 3 N–H and O–H groups in total. The van der Waals surface area contributed by atoms with Gasteiger partial charge in [0.15, 0.2) is 0 Å². The fourth-order valence-corrected chi connectivity index (χ4v) is 2.33. The summed E-state index contributed by atoms with van der Waals surface area (Å²) < 4.78 is 5.85. The molecule has 0 bridgehead atoms. The number of phenolic OH excluding ortho intramolecular Hbond substituents is 1. The Morgan fingerprint density at radius 3 is 2.95 bits per heavy atom. The third kappa shape index (κ3) is 3.26. The molecule has 19 heavy (non-hydrogen) atoms. The van der Waals surface area contributed by atoms with E-state index in [1.807, 2.05) is 6.92 Å². The molecular weight excluding hydrogens is 314 g/mol. The molecule has 1 heterocycles. The van der Waals surface area contributed by atoms with Crippen molar-refractivity contribution >= 4 is 21.8 Å². The van der Waals surface area contributed by atoms with E-state index in [0.717, 1.165) is 10.0 Å². The van der Waals surface area contributed by atoms with E-state index in [2.05, 4.69) is 21.2 Å². The first-order valence-corrected chi connectivity index (χ1v) is 6.84. The van der Waals surface area contributed by atoms with Gasteiger partial charge in [0.05, 0.1) is 24.3 Å². The number of ether oxygens (including phenoxy) is 1. The maximum atomic E-state index is 12.1. The fourth-order valence-electron chi connectivity index (χ4n) is 1.99. The Morgan fingerprint density at radius 2 is 2.26 bits per heavy atom. The predicted octanol–water partition coefficient (Wildman–Crippen LogP) is 1.34. The largest absolute Gasteiger partial charge is 0.507 e. The lowest BCUT2D eigenvalue weighted by atomic mass is 10.0. The van der Waals surface area contributed by atoms with Crippen LogP contribution in [0.2, 0.25) is 0 Å². The smallest absolute Gasteiger partial charge is 0.255 e. The van der Waals surface area contributed by atoms with E-state index in [1.165, 1.54) is 6.07 Å². The Balaban J connectivity index is 2.13. The summed E-state index contributed by atoms with van der Waals surface area (Å²) in [6, 6.07) is 2.76. The predicted molar refractivity (Wildman–Crippen MR) is 73.2 cm³/mol. The maximum absolute atomic E-state index is 12.1. The molecule has 0 radical (unpaired) electrons. The summed E-state index contributed by atoms with van der Waals surface area (Å²) in [6.07, 6.45) is -0.158. The number of hydrogen-bond donors (Lipinski definition) is 3. The zero-order valence-corrected chi connectivity index (χ0v) is 12.1. The molecule has 2 atom stereocenters. The van der Waals surface area contributed by atoms with E-state index < -0.39 is 12.0 Å². The van der Waals surface area contributed by atoms with E-state index in [-0.39, 0.29) is 24.0 Å². The van der Waals surface area contributed by atoms with Gasteiger partial charge >= 0.3 is 0 Å². The normalized spacial score (nSPS) is 23.1. The molecule has 1 amide bonds. The van der Waals surface area contributed by atoms with Gasteiger partial charge in [-0.2, -0.15) is 0 Å². The first-order valence-electron chi connectivity index (χ1n) is 6.05. The number of amides is 1. The highest BCUT2D eigenvalue weighted by atomic mass is 79.9. The van der Waals surface area contributed by atoms with Gasteiger partial charge in [-0.05, 0) is 31.0 Å². The SMILES string of the molecule is Cc1cc(O)c(C(=O)N[C@H]2CCOC[C@@H]2O)cc1Br. The molecule has 0 aliphatic carbocycles. The number of hydrogen-bond acceptors (Lipinski definition) is 4. The molecule has 5 nitrogen and oxygen atoms in total. The van der Waals surface area contributed by atoms with Crippen molar-refractivity contribution in [3.05, 3.63) is 27.7 Å². The Bertz CT molecular complexity index is 492. The number of benzene rings is 1. The van der Waals surface area contributed by atoms with Crippen molar-refractivity contribution in [3.8, 4) is 5.75 Å². The maximum Gasteiger partial charge on any atom is 0.255 e. The van der Waals surface area contributed by atoms with Gasteiger partial charge in [-0.15, -0.1) is 0 Å². The molecular formula is C13H16BrNO4. The van der Waals surface area contributed by atoms with Gasteiger partial charge in [0.2, 0.25) is 0 Å². The summed E-state index contributed by atoms with van der Waals surface area (Å²) in [6.45, 7) is 2.55. The lowest BCUT2D eigenvalue weighted by Crippen LogP contribution is -2.48. The number of aryl methyl sites for hydroxylation is 1. The van der Waals surface area contributed by atoms with Crippen molar-refractivity contribution in [2.75, 3.05) is 13.2 Å². The van der Waals surface area contributed by atoms with E-state index >= 15 is 0 Å². The summed E-state index contributed by atoms with van der Waals surface area (Å²) in [7, 11) is 0. The van der Waals surface area contributed by atoms with Crippen LogP contribution in [0.5, 0.6) is 5.75 Å². The molecule has 0 unspecified atom stereocenters. The van der Waals surface area contributed by atoms with Crippen molar-refractivity contribution in [3.63, 3.8) is 0 Å². The van der Waals surface area contributed by atoms with Gasteiger partial charge in [-0.25, -0.2) is 0 Å². The van der Waals surface area contributed by atoms with Crippen molar-refractivity contribution in [2.24, 2.45) is 0 Å². The van der Waals surface area contributed by atoms with Gasteiger partial charge in [-0.1, -0.05) is 15.9 Å². The van der Waals surface area contributed by atoms with Crippen LogP contribution < -0.4 is 5.32 Å². The minimum absolute atomic E-state index is 0.0697. The van der Waals surface area contributed by atoms with E-state index in [9.17, 15) is 15.0 Å². The number of aromatic hydroxyl groups is 1. The number of aliphatic hydroxyl groups is 1. The number of carbonyl (C=O) groups is 1. The third-order valence-electron chi connectivity index (χ3n) is 3.16. The molecule has 2 rings (SSSR count). The minimum atomic E-state index is -0.714. The van der Waals surface area contributed by atoms with Crippen LogP contribution in [0.3, 0.4) is 0 Å². The van der Waals surface area contributed by atoms with Crippen LogP contribution in [-0.2, 0) is 4.74 Å². The number of halogens is 1. The lowest BCUT2D eigenvalue weighted by Gasteiger charge is -2.28. The summed E-state index contributed by atoms with van der Waals surface area (Å²) in [5.41, 5.74) is 1.04. The molecule has 104 valence electrons. The Hall–Kier alpha value is -1.11. The lowest BCUT2D eigenvalue weighted by molar-refractivity contribution is -0.0261. The zero-order chi connectivity index (χ0) is 14.0. The average Bonchev–Trinajstić information content (AvgIpc) is 2.36. The van der Waals surface area contributed by atoms with Crippen LogP contribution in [-0.4, -0.2) is 41.5 Å². The first kappa shape index (κ1) is 14.3. The molecule has 0 spiro atoms. The van der Waals surface area contributed by atoms with E-state index in [0.29, 0.717) is 13.0 Å². The number of nitrogens with one attached hydrogen (secondary N) is 1. The van der Waals surface area contributed by atoms with Crippen LogP contribution in [0.1, 0.15) is 22.3 Å². The van der Waals surface area contributed by atoms with Crippen molar-refractivity contribution in [1.82, 2.24) is 5.32 Å². The van der Waals surface area contributed by atoms with Crippen LogP contribution >= 0.6 is 15.9 Å². The number of rotatable bonds is 2. The fraction of sp³-hybridized carbons (Fsp3) is 0.462. The average molecular weight is 330 g/mol. The van der Waals surface area contributed by atoms with Gasteiger partial charge in [-0.3, -0.25) is 4.79 Å². The number of aliphatic hydroxyl groups excluding tert-OH is 1.